The van der Waals surface area contributed by atoms with Crippen LogP contribution in [0, 0.1) is 27.7 Å². The molecule has 2 aliphatic heterocycles. The van der Waals surface area contributed by atoms with Gasteiger partial charge in [-0.05, 0) is 68.1 Å². The molecule has 1 amide bonds. The van der Waals surface area contributed by atoms with Crippen molar-refractivity contribution in [1.82, 2.24) is 10.1 Å². The Bertz CT molecular complexity index is 1250. The van der Waals surface area contributed by atoms with Gasteiger partial charge in [-0.2, -0.15) is 0 Å². The van der Waals surface area contributed by atoms with E-state index < -0.39 is 5.60 Å². The van der Waals surface area contributed by atoms with E-state index in [1.807, 2.05) is 56.9 Å². The highest BCUT2D eigenvalue weighted by atomic mass is 16.5. The number of amides is 1. The van der Waals surface area contributed by atoms with Gasteiger partial charge in [0.2, 0.25) is 5.91 Å². The molecule has 32 heavy (non-hydrogen) atoms. The molecule has 1 spiro atoms. The van der Waals surface area contributed by atoms with Gasteiger partial charge in [-0.25, -0.2) is 0 Å². The summed E-state index contributed by atoms with van der Waals surface area (Å²) in [5.41, 5.74) is 5.94. The van der Waals surface area contributed by atoms with Gasteiger partial charge in [0.25, 0.3) is 0 Å². The first-order valence-corrected chi connectivity index (χ1v) is 11.2. The Balaban J connectivity index is 1.29. The number of Topliss-reactive ketones (excluding diaryl/α,β-unsaturated/α-hetero) is 1. The largest absolute Gasteiger partial charge is 0.486 e. The molecule has 0 bridgehead atoms. The zero-order valence-electron chi connectivity index (χ0n) is 19.1. The van der Waals surface area contributed by atoms with E-state index in [0.29, 0.717) is 54.9 Å². The fraction of sp³-hybridized carbons (Fsp3) is 0.423. The van der Waals surface area contributed by atoms with Gasteiger partial charge in [-0.1, -0.05) is 11.2 Å². The van der Waals surface area contributed by atoms with Gasteiger partial charge in [-0.3, -0.25) is 9.59 Å². The molecule has 0 saturated carbocycles. The van der Waals surface area contributed by atoms with Crippen LogP contribution in [-0.2, 0) is 11.2 Å². The number of carbonyl (C=O) groups excluding carboxylic acids is 2. The fourth-order valence-electron chi connectivity index (χ4n) is 5.09. The van der Waals surface area contributed by atoms with Crippen LogP contribution < -0.4 is 4.74 Å². The summed E-state index contributed by atoms with van der Waals surface area (Å²) in [5, 5.41) is 5.06. The van der Waals surface area contributed by atoms with Crippen molar-refractivity contribution in [2.75, 3.05) is 13.1 Å². The molecule has 166 valence electrons. The molecule has 6 nitrogen and oxygen atoms in total. The third-order valence-electron chi connectivity index (χ3n) is 7.04. The lowest BCUT2D eigenvalue weighted by atomic mass is 9.81. The number of nitrogens with zero attached hydrogens (tertiary/aromatic N) is 2. The van der Waals surface area contributed by atoms with Crippen molar-refractivity contribution in [1.29, 1.82) is 0 Å². The van der Waals surface area contributed by atoms with Crippen molar-refractivity contribution < 1.29 is 18.8 Å². The van der Waals surface area contributed by atoms with Crippen molar-refractivity contribution in [3.63, 3.8) is 0 Å². The lowest BCUT2D eigenvalue weighted by molar-refractivity contribution is -0.134. The van der Waals surface area contributed by atoms with E-state index in [1.165, 1.54) is 0 Å². The standard InChI is InChI=1S/C26H28N2O4/c1-15-9-18(4)25-21(29)14-26(31-23(25)10-15)5-7-28(8-6-26)24(30)13-20-19-11-16(2)17(3)12-22(19)32-27-20/h9-12H,5-8,13-14H2,1-4H3. The van der Waals surface area contributed by atoms with Gasteiger partial charge in [0, 0.05) is 31.3 Å². The van der Waals surface area contributed by atoms with Crippen LogP contribution in [0.15, 0.2) is 28.8 Å². The molecular formula is C26H28N2O4. The monoisotopic (exact) mass is 432 g/mol. The van der Waals surface area contributed by atoms with Crippen LogP contribution in [0.5, 0.6) is 5.75 Å². The summed E-state index contributed by atoms with van der Waals surface area (Å²) in [6.07, 6.45) is 1.88. The number of fused-ring (bicyclic) bond motifs is 2. The average Bonchev–Trinajstić information content (AvgIpc) is 3.09. The van der Waals surface area contributed by atoms with Crippen molar-refractivity contribution in [3.8, 4) is 5.75 Å². The highest BCUT2D eigenvalue weighted by Crippen LogP contribution is 2.41. The van der Waals surface area contributed by atoms with E-state index >= 15 is 0 Å². The summed E-state index contributed by atoms with van der Waals surface area (Å²) >= 11 is 0. The second-order valence-corrected chi connectivity index (χ2v) is 9.46. The maximum Gasteiger partial charge on any atom is 0.228 e. The molecule has 0 N–H and O–H groups in total. The minimum absolute atomic E-state index is 0.0301. The van der Waals surface area contributed by atoms with Gasteiger partial charge >= 0.3 is 0 Å². The number of hydrogen-bond donors (Lipinski definition) is 0. The number of ether oxygens (including phenoxy) is 1. The molecule has 3 heterocycles. The summed E-state index contributed by atoms with van der Waals surface area (Å²) < 4.78 is 11.9. The molecule has 1 aromatic heterocycles. The number of rotatable bonds is 2. The first kappa shape index (κ1) is 20.7. The molecule has 2 aromatic carbocycles. The van der Waals surface area contributed by atoms with Crippen molar-refractivity contribution in [2.24, 2.45) is 0 Å². The van der Waals surface area contributed by atoms with Gasteiger partial charge < -0.3 is 14.2 Å². The summed E-state index contributed by atoms with van der Waals surface area (Å²) in [4.78, 5) is 27.8. The zero-order valence-corrected chi connectivity index (χ0v) is 19.1. The Kier molecular flexibility index (Phi) is 4.84. The van der Waals surface area contributed by atoms with E-state index in [2.05, 4.69) is 5.16 Å². The van der Waals surface area contributed by atoms with Crippen molar-refractivity contribution in [2.45, 2.75) is 59.0 Å². The molecular weight excluding hydrogens is 404 g/mol. The number of carbonyl (C=O) groups is 2. The van der Waals surface area contributed by atoms with Crippen LogP contribution in [0.3, 0.4) is 0 Å². The predicted molar refractivity (Wildman–Crippen MR) is 121 cm³/mol. The molecule has 0 aliphatic carbocycles. The van der Waals surface area contributed by atoms with E-state index in [9.17, 15) is 9.59 Å². The first-order valence-electron chi connectivity index (χ1n) is 11.2. The Labute approximate surface area is 187 Å². The van der Waals surface area contributed by atoms with Crippen LogP contribution in [0.1, 0.15) is 57.6 Å². The van der Waals surface area contributed by atoms with Gasteiger partial charge in [0.1, 0.15) is 17.0 Å². The summed E-state index contributed by atoms with van der Waals surface area (Å²) in [6.45, 7) is 9.19. The minimum Gasteiger partial charge on any atom is -0.486 e. The van der Waals surface area contributed by atoms with E-state index in [4.69, 9.17) is 9.26 Å². The number of aromatic nitrogens is 1. The summed E-state index contributed by atoms with van der Waals surface area (Å²) in [6, 6.07) is 7.99. The van der Waals surface area contributed by atoms with Crippen LogP contribution in [0.4, 0.5) is 0 Å². The van der Waals surface area contributed by atoms with Crippen LogP contribution in [-0.4, -0.2) is 40.4 Å². The van der Waals surface area contributed by atoms with Crippen molar-refractivity contribution in [3.05, 3.63) is 57.8 Å². The molecule has 1 fully saturated rings. The van der Waals surface area contributed by atoms with Gasteiger partial charge in [0.05, 0.1) is 18.4 Å². The lowest BCUT2D eigenvalue weighted by Crippen LogP contribution is -2.52. The number of aryl methyl sites for hydroxylation is 4. The number of ketones is 1. The second kappa shape index (κ2) is 7.47. The number of hydrogen-bond acceptors (Lipinski definition) is 5. The van der Waals surface area contributed by atoms with Gasteiger partial charge in [0.15, 0.2) is 11.4 Å². The lowest BCUT2D eigenvalue weighted by Gasteiger charge is -2.44. The van der Waals surface area contributed by atoms with Crippen molar-refractivity contribution >= 4 is 22.7 Å². The third-order valence-corrected chi connectivity index (χ3v) is 7.04. The second-order valence-electron chi connectivity index (χ2n) is 9.46. The number of likely N-dealkylation sites (tertiary alicyclic amines) is 1. The first-order chi connectivity index (χ1) is 15.2. The molecule has 0 unspecified atom stereocenters. The van der Waals surface area contributed by atoms with Crippen LogP contribution in [0.2, 0.25) is 0 Å². The van der Waals surface area contributed by atoms with E-state index in [-0.39, 0.29) is 18.1 Å². The fourth-order valence-corrected chi connectivity index (χ4v) is 5.09. The molecule has 3 aromatic rings. The maximum atomic E-state index is 13.0. The van der Waals surface area contributed by atoms with E-state index in [1.54, 1.807) is 0 Å². The van der Waals surface area contributed by atoms with E-state index in [0.717, 1.165) is 27.6 Å². The van der Waals surface area contributed by atoms with Crippen LogP contribution >= 0.6 is 0 Å². The Morgan fingerprint density at radius 2 is 1.75 bits per heavy atom. The predicted octanol–water partition coefficient (Wildman–Crippen LogP) is 4.63. The molecule has 0 radical (unpaired) electrons. The molecule has 0 atom stereocenters. The zero-order chi connectivity index (χ0) is 22.6. The molecule has 2 aliphatic rings. The number of benzene rings is 2. The highest BCUT2D eigenvalue weighted by Gasteiger charge is 2.44. The molecule has 6 heteroatoms. The van der Waals surface area contributed by atoms with Gasteiger partial charge in [-0.15, -0.1) is 0 Å². The smallest absolute Gasteiger partial charge is 0.228 e. The third kappa shape index (κ3) is 3.48. The average molecular weight is 433 g/mol. The summed E-state index contributed by atoms with van der Waals surface area (Å²) in [7, 11) is 0. The Hall–Kier alpha value is -3.15. The molecule has 1 saturated heterocycles. The minimum atomic E-state index is -0.518. The highest BCUT2D eigenvalue weighted by molar-refractivity contribution is 6.01. The summed E-state index contributed by atoms with van der Waals surface area (Å²) in [5.74, 6) is 0.865. The topological polar surface area (TPSA) is 72.6 Å². The normalized spacial score (nSPS) is 17.5. The van der Waals surface area contributed by atoms with Crippen LogP contribution in [0.25, 0.3) is 11.0 Å². The molecule has 5 rings (SSSR count). The Morgan fingerprint density at radius 1 is 1.03 bits per heavy atom. The quantitative estimate of drug-likeness (QED) is 0.590. The maximum absolute atomic E-state index is 13.0. The Morgan fingerprint density at radius 3 is 2.50 bits per heavy atom. The number of piperidine rings is 1. The SMILES string of the molecule is Cc1cc(C)c2c(c1)OC1(CCN(C(=O)Cc3noc4cc(C)c(C)cc34)CC1)CC2=O.